The minimum absolute atomic E-state index is 0.285. The van der Waals surface area contributed by atoms with Crippen molar-refractivity contribution in [2.24, 2.45) is 0 Å². The summed E-state index contributed by atoms with van der Waals surface area (Å²) in [6.45, 7) is 0. The third-order valence-corrected chi connectivity index (χ3v) is 6.79. The normalized spacial score (nSPS) is 15.7. The van der Waals surface area contributed by atoms with Gasteiger partial charge in [0.2, 0.25) is 5.78 Å². The van der Waals surface area contributed by atoms with Gasteiger partial charge in [0.25, 0.3) is 2.21 Å². The van der Waals surface area contributed by atoms with Gasteiger partial charge < -0.3 is 0 Å². The molecule has 0 bridgehead atoms. The van der Waals surface area contributed by atoms with Crippen LogP contribution in [0.15, 0.2) is 30.3 Å². The van der Waals surface area contributed by atoms with Gasteiger partial charge in [0, 0.05) is 11.8 Å². The van der Waals surface area contributed by atoms with Crippen LogP contribution in [0.4, 0.5) is 0 Å². The summed E-state index contributed by atoms with van der Waals surface area (Å²) in [6.07, 6.45) is 0.938. The first-order valence-electron chi connectivity index (χ1n) is 3.94. The Labute approximate surface area is 107 Å². The molecular formula is C9H8ClIO3S. The van der Waals surface area contributed by atoms with Crippen molar-refractivity contribution < 1.29 is 13.2 Å². The zero-order chi connectivity index (χ0) is 11.7. The fraction of sp³-hybridized carbons (Fsp3) is 0.222. The number of sulfone groups is 1. The second kappa shape index (κ2) is 4.39. The van der Waals surface area contributed by atoms with Crippen molar-refractivity contribution in [3.8, 4) is 0 Å². The lowest BCUT2D eigenvalue weighted by atomic mass is 10.1. The van der Waals surface area contributed by atoms with E-state index in [1.807, 2.05) is 0 Å². The Bertz CT molecular complexity index is 467. The quantitative estimate of drug-likeness (QED) is 0.473. The van der Waals surface area contributed by atoms with Crippen LogP contribution < -0.4 is 0 Å². The zero-order valence-corrected chi connectivity index (χ0v) is 11.5. The van der Waals surface area contributed by atoms with E-state index in [1.54, 1.807) is 18.2 Å². The van der Waals surface area contributed by atoms with Gasteiger partial charge in [-0.2, -0.15) is 0 Å². The summed E-state index contributed by atoms with van der Waals surface area (Å²) < 4.78 is 20.7. The number of halogens is 2. The topological polar surface area (TPSA) is 51.2 Å². The Morgan fingerprint density at radius 1 is 1.33 bits per heavy atom. The average molecular weight is 359 g/mol. The highest BCUT2D eigenvalue weighted by atomic mass is 127. The van der Waals surface area contributed by atoms with Gasteiger partial charge in [0.15, 0.2) is 9.84 Å². The second-order valence-electron chi connectivity index (χ2n) is 2.98. The number of hydrogen-bond acceptors (Lipinski definition) is 3. The highest BCUT2D eigenvalue weighted by molar-refractivity contribution is 14.1. The summed E-state index contributed by atoms with van der Waals surface area (Å²) in [5, 5.41) is 0. The molecular weight excluding hydrogens is 351 g/mol. The predicted molar refractivity (Wildman–Crippen MR) is 68.2 cm³/mol. The van der Waals surface area contributed by atoms with Crippen molar-refractivity contribution >= 4 is 49.8 Å². The van der Waals surface area contributed by atoms with Crippen molar-refractivity contribution in [1.29, 1.82) is 0 Å². The van der Waals surface area contributed by atoms with Crippen molar-refractivity contribution in [2.75, 3.05) is 6.26 Å². The van der Waals surface area contributed by atoms with Crippen LogP contribution in [-0.4, -0.2) is 22.7 Å². The molecule has 0 unspecified atom stereocenters. The van der Waals surface area contributed by atoms with E-state index in [9.17, 15) is 13.2 Å². The molecule has 1 aromatic carbocycles. The Hall–Kier alpha value is -0.140. The molecule has 6 heteroatoms. The predicted octanol–water partition coefficient (Wildman–Crippen LogP) is 2.24. The molecule has 0 heterocycles. The van der Waals surface area contributed by atoms with E-state index >= 15 is 0 Å². The van der Waals surface area contributed by atoms with E-state index in [0.717, 1.165) is 6.26 Å². The largest absolute Gasteiger partial charge is 0.290 e. The van der Waals surface area contributed by atoms with E-state index in [2.05, 4.69) is 0 Å². The van der Waals surface area contributed by atoms with Crippen molar-refractivity contribution in [3.63, 3.8) is 0 Å². The number of rotatable bonds is 3. The van der Waals surface area contributed by atoms with Gasteiger partial charge in [-0.1, -0.05) is 41.9 Å². The van der Waals surface area contributed by atoms with Crippen LogP contribution in [0.3, 0.4) is 0 Å². The van der Waals surface area contributed by atoms with E-state index in [4.69, 9.17) is 11.6 Å². The zero-order valence-electron chi connectivity index (χ0n) is 7.78. The number of hydrogen-bond donors (Lipinski definition) is 0. The lowest BCUT2D eigenvalue weighted by Crippen LogP contribution is -2.34. The molecule has 3 nitrogen and oxygen atoms in total. The van der Waals surface area contributed by atoms with E-state index < -0.39 is 17.8 Å². The van der Waals surface area contributed by atoms with Crippen LogP contribution in [-0.2, 0) is 9.84 Å². The molecule has 0 N–H and O–H groups in total. The van der Waals surface area contributed by atoms with Crippen LogP contribution >= 0.6 is 34.2 Å². The highest BCUT2D eigenvalue weighted by Gasteiger charge is 2.43. The van der Waals surface area contributed by atoms with E-state index in [1.165, 1.54) is 34.7 Å². The lowest BCUT2D eigenvalue weighted by Gasteiger charge is -2.16. The summed E-state index contributed by atoms with van der Waals surface area (Å²) in [6, 6.07) is 8.10. The monoisotopic (exact) mass is 358 g/mol. The minimum atomic E-state index is -3.65. The molecule has 0 saturated heterocycles. The molecule has 82 valence electrons. The summed E-state index contributed by atoms with van der Waals surface area (Å²) in [7, 11) is -3.65. The SMILES string of the molecule is CS(=O)(=O)[C@](Cl)(I)C(=O)c1ccccc1. The summed E-state index contributed by atoms with van der Waals surface area (Å²) in [5.74, 6) is -0.618. The van der Waals surface area contributed by atoms with Gasteiger partial charge in [-0.15, -0.1) is 0 Å². The summed E-state index contributed by atoms with van der Waals surface area (Å²) >= 11 is 7.19. The van der Waals surface area contributed by atoms with Crippen molar-refractivity contribution in [3.05, 3.63) is 35.9 Å². The maximum Gasteiger partial charge on any atom is 0.257 e. The van der Waals surface area contributed by atoms with Gasteiger partial charge >= 0.3 is 0 Å². The molecule has 0 aliphatic carbocycles. The molecule has 15 heavy (non-hydrogen) atoms. The summed E-state index contributed by atoms with van der Waals surface area (Å²) in [4.78, 5) is 11.8. The number of Topliss-reactive ketones (excluding diaryl/α,β-unsaturated/α-hetero) is 1. The van der Waals surface area contributed by atoms with Gasteiger partial charge in [0.1, 0.15) is 0 Å². The number of alkyl halides is 2. The van der Waals surface area contributed by atoms with Gasteiger partial charge in [-0.3, -0.25) is 4.79 Å². The van der Waals surface area contributed by atoms with Gasteiger partial charge in [-0.05, 0) is 22.6 Å². The van der Waals surface area contributed by atoms with Crippen molar-refractivity contribution in [1.82, 2.24) is 0 Å². The van der Waals surface area contributed by atoms with Gasteiger partial charge in [0.05, 0.1) is 0 Å². The molecule has 1 rings (SSSR count). The Kier molecular flexibility index (Phi) is 3.78. The Balaban J connectivity index is 3.17. The first kappa shape index (κ1) is 12.9. The number of ketones is 1. The first-order valence-corrected chi connectivity index (χ1v) is 7.29. The maximum atomic E-state index is 11.8. The third-order valence-electron chi connectivity index (χ3n) is 1.77. The molecule has 1 atom stereocenters. The number of benzene rings is 1. The van der Waals surface area contributed by atoms with E-state index in [-0.39, 0.29) is 5.56 Å². The molecule has 0 amide bonds. The minimum Gasteiger partial charge on any atom is -0.290 e. The fourth-order valence-electron chi connectivity index (χ4n) is 0.926. The fourth-order valence-corrected chi connectivity index (χ4v) is 1.80. The van der Waals surface area contributed by atoms with Crippen LogP contribution in [0.1, 0.15) is 10.4 Å². The standard InChI is InChI=1S/C9H8ClIO3S/c1-15(13,14)9(10,11)8(12)7-5-3-2-4-6-7/h2-6H,1H3/t9-/m1/s1. The Morgan fingerprint density at radius 2 is 1.80 bits per heavy atom. The van der Waals surface area contributed by atoms with Crippen LogP contribution in [0, 0.1) is 0 Å². The molecule has 0 radical (unpaired) electrons. The molecule has 0 spiro atoms. The highest BCUT2D eigenvalue weighted by Crippen LogP contribution is 2.34. The Morgan fingerprint density at radius 3 is 2.20 bits per heavy atom. The number of carbonyl (C=O) groups is 1. The molecule has 0 aromatic heterocycles. The van der Waals surface area contributed by atoms with Crippen LogP contribution in [0.2, 0.25) is 0 Å². The molecule has 0 aliphatic heterocycles. The van der Waals surface area contributed by atoms with Crippen molar-refractivity contribution in [2.45, 2.75) is 2.21 Å². The van der Waals surface area contributed by atoms with Crippen LogP contribution in [0.5, 0.6) is 0 Å². The summed E-state index contributed by atoms with van der Waals surface area (Å²) in [5.41, 5.74) is 0.285. The number of carbonyl (C=O) groups excluding carboxylic acids is 1. The van der Waals surface area contributed by atoms with E-state index in [0.29, 0.717) is 0 Å². The van der Waals surface area contributed by atoms with Gasteiger partial charge in [-0.25, -0.2) is 8.42 Å². The first-order chi connectivity index (χ1) is 6.77. The smallest absolute Gasteiger partial charge is 0.257 e. The maximum absolute atomic E-state index is 11.8. The second-order valence-corrected chi connectivity index (χ2v) is 8.92. The lowest BCUT2D eigenvalue weighted by molar-refractivity contribution is 0.100. The average Bonchev–Trinajstić information content (AvgIpc) is 2.16. The molecule has 0 saturated carbocycles. The molecule has 1 aromatic rings. The molecule has 0 aliphatic rings. The third kappa shape index (κ3) is 2.70. The van der Waals surface area contributed by atoms with Crippen LogP contribution in [0.25, 0.3) is 0 Å². The molecule has 0 fully saturated rings.